The molecule has 0 aromatic carbocycles. The van der Waals surface area contributed by atoms with Gasteiger partial charge in [0.05, 0.1) is 11.0 Å². The first-order valence-corrected chi connectivity index (χ1v) is 7.06. The number of carbonyl (C=O) groups excluding carboxylic acids is 1. The summed E-state index contributed by atoms with van der Waals surface area (Å²) in [6.07, 6.45) is 1.94. The normalized spacial score (nSPS) is 16.2. The van der Waals surface area contributed by atoms with Gasteiger partial charge >= 0.3 is 0 Å². The summed E-state index contributed by atoms with van der Waals surface area (Å²) in [7, 11) is 0. The maximum atomic E-state index is 11.7. The second-order valence-corrected chi connectivity index (χ2v) is 6.06. The first-order chi connectivity index (χ1) is 8.56. The van der Waals surface area contributed by atoms with Gasteiger partial charge in [-0.3, -0.25) is 9.69 Å². The van der Waals surface area contributed by atoms with Crippen molar-refractivity contribution in [2.24, 2.45) is 5.73 Å². The van der Waals surface area contributed by atoms with E-state index in [0.29, 0.717) is 0 Å². The summed E-state index contributed by atoms with van der Waals surface area (Å²) in [6.45, 7) is 8.08. The quantitative estimate of drug-likeness (QED) is 0.871. The lowest BCUT2D eigenvalue weighted by Gasteiger charge is -2.35. The number of amides is 1. The van der Waals surface area contributed by atoms with E-state index in [1.54, 1.807) is 18.3 Å². The van der Waals surface area contributed by atoms with Crippen molar-refractivity contribution in [2.45, 2.75) is 26.4 Å². The molecule has 1 aromatic heterocycles. The van der Waals surface area contributed by atoms with Crippen molar-refractivity contribution in [3.8, 4) is 0 Å². The number of nitrogens with zero attached hydrogens (tertiary/aromatic N) is 3. The van der Waals surface area contributed by atoms with Crippen LogP contribution in [0.2, 0.25) is 0 Å². The number of aromatic nitrogens is 1. The van der Waals surface area contributed by atoms with Crippen molar-refractivity contribution in [1.29, 1.82) is 0 Å². The summed E-state index contributed by atoms with van der Waals surface area (Å²) >= 11 is 1.74. The summed E-state index contributed by atoms with van der Waals surface area (Å²) in [5.74, 6) is 0.0586. The van der Waals surface area contributed by atoms with E-state index >= 15 is 0 Å². The fraction of sp³-hybridized carbons (Fsp3) is 0.667. The van der Waals surface area contributed by atoms with Crippen LogP contribution < -0.4 is 5.73 Å². The van der Waals surface area contributed by atoms with Gasteiger partial charge in [-0.1, -0.05) is 0 Å². The Hall–Kier alpha value is -0.110. The minimum absolute atomic E-state index is 0. The summed E-state index contributed by atoms with van der Waals surface area (Å²) in [5.41, 5.74) is 5.62. The smallest absolute Gasteiger partial charge is 0.239 e. The monoisotopic (exact) mass is 376 g/mol. The molecule has 1 fully saturated rings. The van der Waals surface area contributed by atoms with Crippen molar-refractivity contribution in [2.75, 3.05) is 26.2 Å². The van der Waals surface area contributed by atoms with E-state index in [9.17, 15) is 4.79 Å². The number of carbonyl (C=O) groups is 1. The van der Waals surface area contributed by atoms with Crippen molar-refractivity contribution >= 4 is 54.5 Å². The van der Waals surface area contributed by atoms with E-state index in [0.717, 1.165) is 37.7 Å². The van der Waals surface area contributed by atoms with Crippen LogP contribution in [-0.4, -0.2) is 52.9 Å². The first-order valence-electron chi connectivity index (χ1n) is 6.24. The Morgan fingerprint density at radius 2 is 1.90 bits per heavy atom. The molecule has 2 N–H and O–H groups in total. The van der Waals surface area contributed by atoms with Crippen LogP contribution in [0, 0.1) is 6.92 Å². The predicted molar refractivity (Wildman–Crippen MR) is 94.1 cm³/mol. The average Bonchev–Trinajstić information content (AvgIpc) is 2.75. The van der Waals surface area contributed by atoms with Gasteiger partial charge in [0.15, 0.2) is 0 Å². The molecule has 0 saturated carbocycles. The van der Waals surface area contributed by atoms with Crippen molar-refractivity contribution in [3.63, 3.8) is 0 Å². The van der Waals surface area contributed by atoms with E-state index < -0.39 is 0 Å². The molecule has 1 amide bonds. The lowest BCUT2D eigenvalue weighted by Crippen LogP contribution is -2.52. The van der Waals surface area contributed by atoms with Crippen LogP contribution in [0.25, 0.3) is 0 Å². The van der Waals surface area contributed by atoms with Crippen LogP contribution in [0.1, 0.15) is 16.8 Å². The molecule has 9 heteroatoms. The number of halogens is 3. The van der Waals surface area contributed by atoms with E-state index in [2.05, 4.69) is 9.88 Å². The number of hydrogen-bond acceptors (Lipinski definition) is 5. The van der Waals surface area contributed by atoms with Gasteiger partial charge in [0, 0.05) is 43.8 Å². The topological polar surface area (TPSA) is 62.5 Å². The van der Waals surface area contributed by atoms with Gasteiger partial charge < -0.3 is 10.6 Å². The van der Waals surface area contributed by atoms with Gasteiger partial charge in [0.1, 0.15) is 0 Å². The summed E-state index contributed by atoms with van der Waals surface area (Å²) in [4.78, 5) is 21.5. The number of aryl methyl sites for hydroxylation is 1. The maximum absolute atomic E-state index is 11.7. The molecule has 1 aliphatic heterocycles. The average molecular weight is 378 g/mol. The third kappa shape index (κ3) is 6.67. The van der Waals surface area contributed by atoms with E-state index in [1.807, 2.05) is 18.0 Å². The number of hydrogen-bond donors (Lipinski definition) is 1. The maximum Gasteiger partial charge on any atom is 0.239 e. The SMILES string of the molecule is Cc1ncc(CN2CCN(C(=O)[C@@H](C)N)CC2)s1.Cl.Cl.Cl. The molecule has 21 heavy (non-hydrogen) atoms. The molecule has 2 rings (SSSR count). The molecular formula is C12H23Cl3N4OS. The second-order valence-electron chi connectivity index (χ2n) is 4.74. The Labute approximate surface area is 148 Å². The molecule has 0 aliphatic carbocycles. The van der Waals surface area contributed by atoms with Crippen LogP contribution in [0.5, 0.6) is 0 Å². The fourth-order valence-corrected chi connectivity index (χ4v) is 2.95. The molecular weight excluding hydrogens is 355 g/mol. The first kappa shape index (κ1) is 23.2. The van der Waals surface area contributed by atoms with Gasteiger partial charge in [0.2, 0.25) is 5.91 Å². The van der Waals surface area contributed by atoms with Crippen LogP contribution in [0.3, 0.4) is 0 Å². The Kier molecular flexibility index (Phi) is 11.7. The molecule has 124 valence electrons. The molecule has 2 heterocycles. The van der Waals surface area contributed by atoms with Gasteiger partial charge in [0.25, 0.3) is 0 Å². The summed E-state index contributed by atoms with van der Waals surface area (Å²) in [6, 6.07) is -0.388. The number of thiazole rings is 1. The molecule has 0 radical (unpaired) electrons. The molecule has 1 atom stereocenters. The van der Waals surface area contributed by atoms with E-state index in [4.69, 9.17) is 5.73 Å². The zero-order chi connectivity index (χ0) is 13.1. The molecule has 0 unspecified atom stereocenters. The Morgan fingerprint density at radius 1 is 1.33 bits per heavy atom. The molecule has 0 spiro atoms. The minimum atomic E-state index is -0.388. The number of piperazine rings is 1. The zero-order valence-corrected chi connectivity index (χ0v) is 15.4. The molecule has 1 aliphatic rings. The van der Waals surface area contributed by atoms with Gasteiger partial charge in [-0.2, -0.15) is 0 Å². The number of nitrogens with two attached hydrogens (primary N) is 1. The van der Waals surface area contributed by atoms with Gasteiger partial charge in [-0.05, 0) is 13.8 Å². The van der Waals surface area contributed by atoms with E-state index in [1.165, 1.54) is 4.88 Å². The zero-order valence-electron chi connectivity index (χ0n) is 12.2. The molecule has 1 saturated heterocycles. The van der Waals surface area contributed by atoms with Gasteiger partial charge in [-0.15, -0.1) is 48.6 Å². The highest BCUT2D eigenvalue weighted by molar-refractivity contribution is 7.11. The standard InChI is InChI=1S/C12H20N4OS.3ClH/c1-9(13)12(17)16-5-3-15(4-6-16)8-11-7-14-10(2)18-11;;;/h7,9H,3-6,8,13H2,1-2H3;3*1H/t9-;;;/m1.../s1. The largest absolute Gasteiger partial charge is 0.339 e. The molecule has 5 nitrogen and oxygen atoms in total. The highest BCUT2D eigenvalue weighted by Gasteiger charge is 2.23. The fourth-order valence-electron chi connectivity index (χ4n) is 2.11. The highest BCUT2D eigenvalue weighted by Crippen LogP contribution is 2.15. The van der Waals surface area contributed by atoms with Crippen molar-refractivity contribution in [3.05, 3.63) is 16.1 Å². The predicted octanol–water partition coefficient (Wildman–Crippen LogP) is 1.71. The van der Waals surface area contributed by atoms with Crippen molar-refractivity contribution in [1.82, 2.24) is 14.8 Å². The van der Waals surface area contributed by atoms with Crippen LogP contribution in [0.4, 0.5) is 0 Å². The van der Waals surface area contributed by atoms with Gasteiger partial charge in [-0.25, -0.2) is 4.98 Å². The molecule has 0 bridgehead atoms. The van der Waals surface area contributed by atoms with Crippen LogP contribution in [-0.2, 0) is 11.3 Å². The van der Waals surface area contributed by atoms with E-state index in [-0.39, 0.29) is 49.2 Å². The minimum Gasteiger partial charge on any atom is -0.339 e. The second kappa shape index (κ2) is 10.6. The Morgan fingerprint density at radius 3 is 2.33 bits per heavy atom. The lowest BCUT2D eigenvalue weighted by atomic mass is 10.2. The summed E-state index contributed by atoms with van der Waals surface area (Å²) in [5, 5.41) is 1.11. The highest BCUT2D eigenvalue weighted by atomic mass is 35.5. The lowest BCUT2D eigenvalue weighted by molar-refractivity contribution is -0.134. The summed E-state index contributed by atoms with van der Waals surface area (Å²) < 4.78 is 0. The van der Waals surface area contributed by atoms with Crippen molar-refractivity contribution < 1.29 is 4.79 Å². The Balaban J connectivity index is 0. The Bertz CT molecular complexity index is 422. The van der Waals surface area contributed by atoms with Crippen LogP contribution >= 0.6 is 48.6 Å². The number of rotatable bonds is 3. The third-order valence-electron chi connectivity index (χ3n) is 3.12. The van der Waals surface area contributed by atoms with Crippen LogP contribution in [0.15, 0.2) is 6.20 Å². The molecule has 1 aromatic rings. The third-order valence-corrected chi connectivity index (χ3v) is 4.02.